The quantitative estimate of drug-likeness (QED) is 0.635. The summed E-state index contributed by atoms with van der Waals surface area (Å²) in [7, 11) is 4.41. The van der Waals surface area contributed by atoms with Gasteiger partial charge >= 0.3 is 0 Å². The molecule has 0 aliphatic heterocycles. The van der Waals surface area contributed by atoms with Gasteiger partial charge in [-0.15, -0.1) is 0 Å². The molecule has 2 aromatic carbocycles. The smallest absolute Gasteiger partial charge is 0.251 e. The van der Waals surface area contributed by atoms with Gasteiger partial charge in [0.15, 0.2) is 0 Å². The van der Waals surface area contributed by atoms with Gasteiger partial charge in [-0.25, -0.2) is 0 Å². The van der Waals surface area contributed by atoms with Gasteiger partial charge in [-0.05, 0) is 74.4 Å². The number of carbonyl (C=O) groups is 1. The molecule has 4 nitrogen and oxygen atoms in total. The second-order valence-electron chi connectivity index (χ2n) is 9.66. The van der Waals surface area contributed by atoms with E-state index >= 15 is 0 Å². The zero-order valence-corrected chi connectivity index (χ0v) is 18.8. The number of rotatable bonds is 5. The second-order valence-corrected chi connectivity index (χ2v) is 9.66. The van der Waals surface area contributed by atoms with Crippen LogP contribution in [0.25, 0.3) is 0 Å². The van der Waals surface area contributed by atoms with Crippen LogP contribution >= 0.6 is 0 Å². The maximum absolute atomic E-state index is 13.2. The van der Waals surface area contributed by atoms with Crippen LogP contribution < -0.4 is 5.32 Å². The van der Waals surface area contributed by atoms with Gasteiger partial charge in [0.1, 0.15) is 0 Å². The molecule has 32 heavy (non-hydrogen) atoms. The molecule has 3 saturated carbocycles. The molecule has 3 fully saturated rings. The topological polar surface area (TPSA) is 45.2 Å². The van der Waals surface area contributed by atoms with Crippen LogP contribution in [0.5, 0.6) is 0 Å². The first-order chi connectivity index (χ1) is 15.6. The van der Waals surface area contributed by atoms with E-state index in [1.54, 1.807) is 24.5 Å². The van der Waals surface area contributed by atoms with E-state index in [1.165, 1.54) is 11.1 Å². The number of aromatic nitrogens is 1. The fourth-order valence-corrected chi connectivity index (χ4v) is 6.26. The van der Waals surface area contributed by atoms with Crippen molar-refractivity contribution >= 4 is 5.91 Å². The summed E-state index contributed by atoms with van der Waals surface area (Å²) in [6.45, 7) is 0. The summed E-state index contributed by atoms with van der Waals surface area (Å²) in [4.78, 5) is 19.7. The molecule has 0 unspecified atom stereocenters. The molecule has 0 spiro atoms. The Morgan fingerprint density at radius 1 is 0.844 bits per heavy atom. The predicted octanol–water partition coefficient (Wildman–Crippen LogP) is 4.86. The molecule has 3 aliphatic rings. The molecule has 0 radical (unpaired) electrons. The molecule has 1 N–H and O–H groups in total. The van der Waals surface area contributed by atoms with Crippen LogP contribution in [0.3, 0.4) is 0 Å². The van der Waals surface area contributed by atoms with Gasteiger partial charge in [0.05, 0.1) is 0 Å². The molecular weight excluding hydrogens is 394 g/mol. The molecule has 0 saturated heterocycles. The fourth-order valence-electron chi connectivity index (χ4n) is 6.26. The zero-order valence-electron chi connectivity index (χ0n) is 18.8. The molecule has 4 heteroatoms. The minimum Gasteiger partial charge on any atom is -0.349 e. The second kappa shape index (κ2) is 8.51. The minimum absolute atomic E-state index is 0.00233. The number of nitrogens with zero attached hydrogens (tertiary/aromatic N) is 2. The summed E-state index contributed by atoms with van der Waals surface area (Å²) < 4.78 is 0. The summed E-state index contributed by atoms with van der Waals surface area (Å²) in [5.74, 6) is 1.15. The number of carbonyl (C=O) groups excluding carboxylic acids is 1. The van der Waals surface area contributed by atoms with E-state index in [0.29, 0.717) is 23.3 Å². The first kappa shape index (κ1) is 20.9. The zero-order chi connectivity index (χ0) is 22.1. The SMILES string of the molecule is CN(C)C12C[C@H](NC(=O)c3ccncc3)C([C@H](c3ccccc3)C1)[C@H](c1ccccc1)C2. The van der Waals surface area contributed by atoms with E-state index in [4.69, 9.17) is 0 Å². The van der Waals surface area contributed by atoms with Gasteiger partial charge in [-0.1, -0.05) is 60.7 Å². The Labute approximate surface area is 190 Å². The number of fused-ring (bicyclic) bond motifs is 3. The molecule has 3 atom stereocenters. The molecule has 3 aromatic rings. The lowest BCUT2D eigenvalue weighted by Gasteiger charge is -2.61. The Kier molecular flexibility index (Phi) is 5.56. The summed E-state index contributed by atoms with van der Waals surface area (Å²) in [5, 5.41) is 3.45. The maximum atomic E-state index is 13.2. The molecule has 3 aliphatic carbocycles. The highest BCUT2D eigenvalue weighted by molar-refractivity contribution is 5.94. The highest BCUT2D eigenvalue weighted by Crippen LogP contribution is 2.59. The number of pyridine rings is 1. The molecule has 2 bridgehead atoms. The van der Waals surface area contributed by atoms with Crippen LogP contribution in [0.4, 0.5) is 0 Å². The number of nitrogens with one attached hydrogen (secondary N) is 1. The van der Waals surface area contributed by atoms with Crippen molar-refractivity contribution in [2.45, 2.75) is 42.7 Å². The highest BCUT2D eigenvalue weighted by Gasteiger charge is 2.57. The fraction of sp³-hybridized carbons (Fsp3) is 0.357. The molecule has 1 aromatic heterocycles. The van der Waals surface area contributed by atoms with Crippen molar-refractivity contribution in [2.75, 3.05) is 14.1 Å². The monoisotopic (exact) mass is 425 g/mol. The molecule has 1 heterocycles. The normalized spacial score (nSPS) is 29.1. The molecule has 6 rings (SSSR count). The largest absolute Gasteiger partial charge is 0.349 e. The summed E-state index contributed by atoms with van der Waals surface area (Å²) in [6.07, 6.45) is 6.60. The van der Waals surface area contributed by atoms with Crippen molar-refractivity contribution in [2.24, 2.45) is 5.92 Å². The first-order valence-corrected chi connectivity index (χ1v) is 11.6. The van der Waals surface area contributed by atoms with E-state index in [9.17, 15) is 4.79 Å². The Bertz CT molecular complexity index is 1000. The van der Waals surface area contributed by atoms with E-state index < -0.39 is 0 Å². The average Bonchev–Trinajstić information content (AvgIpc) is 2.85. The van der Waals surface area contributed by atoms with E-state index in [0.717, 1.165) is 19.3 Å². The van der Waals surface area contributed by atoms with Gasteiger partial charge in [0, 0.05) is 29.5 Å². The average molecular weight is 426 g/mol. The number of hydrogen-bond acceptors (Lipinski definition) is 3. The third kappa shape index (κ3) is 3.73. The Morgan fingerprint density at radius 2 is 1.38 bits per heavy atom. The van der Waals surface area contributed by atoms with Crippen molar-refractivity contribution in [1.82, 2.24) is 15.2 Å². The van der Waals surface area contributed by atoms with Crippen molar-refractivity contribution in [3.05, 3.63) is 102 Å². The number of hydrogen-bond donors (Lipinski definition) is 1. The van der Waals surface area contributed by atoms with Gasteiger partial charge < -0.3 is 10.2 Å². The maximum Gasteiger partial charge on any atom is 0.251 e. The van der Waals surface area contributed by atoms with E-state index in [1.807, 2.05) is 0 Å². The van der Waals surface area contributed by atoms with Crippen LogP contribution in [0.1, 0.15) is 52.6 Å². The standard InChI is InChI=1S/C28H31N3O/c1-31(2)28-17-23(20-9-5-3-6-10-20)26(24(18-28)21-11-7-4-8-12-21)25(19-28)30-27(32)22-13-15-29-16-14-22/h3-16,23-26H,17-19H2,1-2H3,(H,30,32)/t23-,24-,25-,26?,28?/m0/s1. The van der Waals surface area contributed by atoms with Crippen molar-refractivity contribution < 1.29 is 4.79 Å². The third-order valence-electron chi connectivity index (χ3n) is 7.86. The van der Waals surface area contributed by atoms with Crippen LogP contribution in [0, 0.1) is 5.92 Å². The van der Waals surface area contributed by atoms with Crippen LogP contribution in [-0.2, 0) is 0 Å². The Balaban J connectivity index is 1.57. The number of amides is 1. The molecule has 1 amide bonds. The van der Waals surface area contributed by atoms with Crippen LogP contribution in [-0.4, -0.2) is 41.5 Å². The molecule has 164 valence electrons. The van der Waals surface area contributed by atoms with Crippen LogP contribution in [0.15, 0.2) is 85.2 Å². The summed E-state index contributed by atoms with van der Waals surface area (Å²) in [5.41, 5.74) is 3.48. The van der Waals surface area contributed by atoms with Gasteiger partial charge in [0.2, 0.25) is 0 Å². The Hall–Kier alpha value is -2.98. The van der Waals surface area contributed by atoms with Crippen LogP contribution in [0.2, 0.25) is 0 Å². The van der Waals surface area contributed by atoms with E-state index in [-0.39, 0.29) is 17.5 Å². The summed E-state index contributed by atoms with van der Waals surface area (Å²) >= 11 is 0. The Morgan fingerprint density at radius 3 is 1.88 bits per heavy atom. The highest BCUT2D eigenvalue weighted by atomic mass is 16.1. The predicted molar refractivity (Wildman–Crippen MR) is 128 cm³/mol. The van der Waals surface area contributed by atoms with Crippen molar-refractivity contribution in [3.63, 3.8) is 0 Å². The van der Waals surface area contributed by atoms with Gasteiger partial charge in [-0.3, -0.25) is 9.78 Å². The lowest BCUT2D eigenvalue weighted by Crippen LogP contribution is -2.64. The van der Waals surface area contributed by atoms with Crippen molar-refractivity contribution in [3.8, 4) is 0 Å². The first-order valence-electron chi connectivity index (χ1n) is 11.6. The van der Waals surface area contributed by atoms with Gasteiger partial charge in [-0.2, -0.15) is 0 Å². The minimum atomic E-state index is -0.00233. The summed E-state index contributed by atoms with van der Waals surface area (Å²) in [6, 6.07) is 25.5. The third-order valence-corrected chi connectivity index (χ3v) is 7.86. The number of benzene rings is 2. The van der Waals surface area contributed by atoms with E-state index in [2.05, 4.69) is 90.0 Å². The van der Waals surface area contributed by atoms with Gasteiger partial charge in [0.25, 0.3) is 5.91 Å². The lowest BCUT2D eigenvalue weighted by molar-refractivity contribution is -0.0301. The van der Waals surface area contributed by atoms with Crippen molar-refractivity contribution in [1.29, 1.82) is 0 Å². The molecular formula is C28H31N3O. The lowest BCUT2D eigenvalue weighted by atomic mass is 9.51.